The van der Waals surface area contributed by atoms with Crippen molar-refractivity contribution in [2.75, 3.05) is 6.61 Å². The molecule has 0 aliphatic carbocycles. The van der Waals surface area contributed by atoms with Crippen molar-refractivity contribution in [3.63, 3.8) is 0 Å². The number of Topliss-reactive ketones (excluding diaryl/α,β-unsaturated/α-hetero) is 1. The highest BCUT2D eigenvalue weighted by molar-refractivity contribution is 5.75. The molecule has 0 bridgehead atoms. The third-order valence-electron chi connectivity index (χ3n) is 1.30. The molecule has 0 rings (SSSR count). The SMILES string of the molecule is CC(=O)CC[C@H](C)CO. The monoisotopic (exact) mass is 130 g/mol. The Morgan fingerprint density at radius 3 is 2.56 bits per heavy atom. The van der Waals surface area contributed by atoms with Crippen molar-refractivity contribution in [2.24, 2.45) is 5.92 Å². The molecule has 0 aliphatic rings. The van der Waals surface area contributed by atoms with Gasteiger partial charge in [0, 0.05) is 13.0 Å². The number of ketones is 1. The first-order chi connectivity index (χ1) is 4.16. The molecule has 0 saturated carbocycles. The van der Waals surface area contributed by atoms with Crippen LogP contribution in [-0.2, 0) is 4.79 Å². The molecule has 0 saturated heterocycles. The second-order valence-electron chi connectivity index (χ2n) is 2.53. The van der Waals surface area contributed by atoms with E-state index in [0.717, 1.165) is 6.42 Å². The van der Waals surface area contributed by atoms with E-state index in [0.29, 0.717) is 6.42 Å². The molecule has 0 radical (unpaired) electrons. The van der Waals surface area contributed by atoms with Crippen molar-refractivity contribution >= 4 is 5.78 Å². The van der Waals surface area contributed by atoms with Crippen LogP contribution >= 0.6 is 0 Å². The zero-order valence-electron chi connectivity index (χ0n) is 6.05. The molecule has 0 amide bonds. The molecular weight excluding hydrogens is 116 g/mol. The predicted molar refractivity (Wildman–Crippen MR) is 36.2 cm³/mol. The van der Waals surface area contributed by atoms with Gasteiger partial charge in [-0.2, -0.15) is 0 Å². The number of carbonyl (C=O) groups is 1. The summed E-state index contributed by atoms with van der Waals surface area (Å²) in [6, 6.07) is 0. The molecule has 0 unspecified atom stereocenters. The number of aliphatic hydroxyl groups is 1. The summed E-state index contributed by atoms with van der Waals surface area (Å²) < 4.78 is 0. The van der Waals surface area contributed by atoms with Gasteiger partial charge in [-0.15, -0.1) is 0 Å². The third-order valence-corrected chi connectivity index (χ3v) is 1.30. The first-order valence-corrected chi connectivity index (χ1v) is 3.27. The van der Waals surface area contributed by atoms with Crippen molar-refractivity contribution < 1.29 is 9.90 Å². The lowest BCUT2D eigenvalue weighted by molar-refractivity contribution is -0.117. The third kappa shape index (κ3) is 5.50. The topological polar surface area (TPSA) is 37.3 Å². The standard InChI is InChI=1S/C7H14O2/c1-6(5-8)3-4-7(2)9/h6,8H,3-5H2,1-2H3/t6-/m0/s1. The van der Waals surface area contributed by atoms with Gasteiger partial charge < -0.3 is 9.90 Å². The highest BCUT2D eigenvalue weighted by Gasteiger charge is 2.00. The highest BCUT2D eigenvalue weighted by Crippen LogP contribution is 2.03. The summed E-state index contributed by atoms with van der Waals surface area (Å²) in [5, 5.41) is 8.54. The second-order valence-corrected chi connectivity index (χ2v) is 2.53. The Labute approximate surface area is 55.9 Å². The molecule has 9 heavy (non-hydrogen) atoms. The Hall–Kier alpha value is -0.370. The van der Waals surface area contributed by atoms with Gasteiger partial charge in [0.1, 0.15) is 5.78 Å². The van der Waals surface area contributed by atoms with Crippen LogP contribution in [0.15, 0.2) is 0 Å². The fourth-order valence-corrected chi connectivity index (χ4v) is 0.541. The maximum absolute atomic E-state index is 10.4. The van der Waals surface area contributed by atoms with Crippen LogP contribution < -0.4 is 0 Å². The molecule has 1 atom stereocenters. The van der Waals surface area contributed by atoms with E-state index in [1.807, 2.05) is 6.92 Å². The van der Waals surface area contributed by atoms with Crippen LogP contribution in [0.1, 0.15) is 26.7 Å². The number of carbonyl (C=O) groups excluding carboxylic acids is 1. The van der Waals surface area contributed by atoms with E-state index in [4.69, 9.17) is 5.11 Å². The minimum atomic E-state index is 0.188. The fourth-order valence-electron chi connectivity index (χ4n) is 0.541. The smallest absolute Gasteiger partial charge is 0.129 e. The van der Waals surface area contributed by atoms with Gasteiger partial charge in [0.05, 0.1) is 0 Å². The summed E-state index contributed by atoms with van der Waals surface area (Å²) in [6.07, 6.45) is 1.41. The maximum atomic E-state index is 10.4. The van der Waals surface area contributed by atoms with E-state index in [-0.39, 0.29) is 18.3 Å². The molecule has 0 heterocycles. The fraction of sp³-hybridized carbons (Fsp3) is 0.857. The van der Waals surface area contributed by atoms with Crippen molar-refractivity contribution in [3.8, 4) is 0 Å². The molecule has 0 aliphatic heterocycles. The molecule has 0 fully saturated rings. The minimum Gasteiger partial charge on any atom is -0.396 e. The van der Waals surface area contributed by atoms with Crippen LogP contribution in [0.2, 0.25) is 0 Å². The van der Waals surface area contributed by atoms with Gasteiger partial charge in [-0.1, -0.05) is 6.92 Å². The Bertz CT molecular complexity index is 88.9. The molecule has 2 nitrogen and oxygen atoms in total. The van der Waals surface area contributed by atoms with E-state index in [1.165, 1.54) is 0 Å². The summed E-state index contributed by atoms with van der Waals surface area (Å²) in [7, 11) is 0. The van der Waals surface area contributed by atoms with E-state index in [2.05, 4.69) is 0 Å². The molecule has 0 aromatic heterocycles. The van der Waals surface area contributed by atoms with Gasteiger partial charge in [-0.25, -0.2) is 0 Å². The minimum absolute atomic E-state index is 0.188. The first-order valence-electron chi connectivity index (χ1n) is 3.27. The normalized spacial score (nSPS) is 13.2. The molecule has 0 aromatic rings. The van der Waals surface area contributed by atoms with Crippen molar-refractivity contribution in [1.29, 1.82) is 0 Å². The van der Waals surface area contributed by atoms with E-state index in [9.17, 15) is 4.79 Å². The number of rotatable bonds is 4. The van der Waals surface area contributed by atoms with Gasteiger partial charge >= 0.3 is 0 Å². The van der Waals surface area contributed by atoms with Gasteiger partial charge in [0.25, 0.3) is 0 Å². The van der Waals surface area contributed by atoms with Crippen molar-refractivity contribution in [2.45, 2.75) is 26.7 Å². The second kappa shape index (κ2) is 4.50. The maximum Gasteiger partial charge on any atom is 0.129 e. The van der Waals surface area contributed by atoms with Gasteiger partial charge in [-0.05, 0) is 19.3 Å². The molecule has 0 spiro atoms. The van der Waals surface area contributed by atoms with Gasteiger partial charge in [0.2, 0.25) is 0 Å². The molecule has 0 aromatic carbocycles. The summed E-state index contributed by atoms with van der Waals surface area (Å²) in [6.45, 7) is 3.69. The highest BCUT2D eigenvalue weighted by atomic mass is 16.3. The molecule has 1 N–H and O–H groups in total. The summed E-state index contributed by atoms with van der Waals surface area (Å²) >= 11 is 0. The predicted octanol–water partition coefficient (Wildman–Crippen LogP) is 0.984. The zero-order valence-corrected chi connectivity index (χ0v) is 6.05. The van der Waals surface area contributed by atoms with Crippen LogP contribution in [0.3, 0.4) is 0 Å². The quantitative estimate of drug-likeness (QED) is 0.616. The van der Waals surface area contributed by atoms with Crippen LogP contribution in [0.5, 0.6) is 0 Å². The Kier molecular flexibility index (Phi) is 4.32. The molecular formula is C7H14O2. The van der Waals surface area contributed by atoms with E-state index < -0.39 is 0 Å². The lowest BCUT2D eigenvalue weighted by Gasteiger charge is -2.03. The average molecular weight is 130 g/mol. The molecule has 54 valence electrons. The number of aliphatic hydroxyl groups excluding tert-OH is 1. The van der Waals surface area contributed by atoms with Crippen LogP contribution in [0, 0.1) is 5.92 Å². The number of hydrogen-bond acceptors (Lipinski definition) is 2. The van der Waals surface area contributed by atoms with Gasteiger partial charge in [-0.3, -0.25) is 0 Å². The summed E-state index contributed by atoms with van der Waals surface area (Å²) in [5.41, 5.74) is 0. The van der Waals surface area contributed by atoms with Crippen LogP contribution in [0.4, 0.5) is 0 Å². The lowest BCUT2D eigenvalue weighted by atomic mass is 10.1. The van der Waals surface area contributed by atoms with Crippen LogP contribution in [-0.4, -0.2) is 17.5 Å². The number of hydrogen-bond donors (Lipinski definition) is 1. The Morgan fingerprint density at radius 2 is 2.22 bits per heavy atom. The largest absolute Gasteiger partial charge is 0.396 e. The summed E-state index contributed by atoms with van der Waals surface area (Å²) in [5.74, 6) is 0.476. The Morgan fingerprint density at radius 1 is 1.67 bits per heavy atom. The zero-order chi connectivity index (χ0) is 7.28. The lowest BCUT2D eigenvalue weighted by Crippen LogP contribution is -2.02. The molecule has 2 heteroatoms. The van der Waals surface area contributed by atoms with Gasteiger partial charge in [0.15, 0.2) is 0 Å². The summed E-state index contributed by atoms with van der Waals surface area (Å²) in [4.78, 5) is 10.4. The van der Waals surface area contributed by atoms with Crippen molar-refractivity contribution in [3.05, 3.63) is 0 Å². The first kappa shape index (κ1) is 8.63. The van der Waals surface area contributed by atoms with Crippen LogP contribution in [0.25, 0.3) is 0 Å². The van der Waals surface area contributed by atoms with Crippen molar-refractivity contribution in [1.82, 2.24) is 0 Å². The average Bonchev–Trinajstić information content (AvgIpc) is 1.83. The van der Waals surface area contributed by atoms with E-state index >= 15 is 0 Å². The van der Waals surface area contributed by atoms with E-state index in [1.54, 1.807) is 6.92 Å². The Balaban J connectivity index is 3.16.